The predicted molar refractivity (Wildman–Crippen MR) is 128 cm³/mol. The number of sulfonamides is 1. The van der Waals surface area contributed by atoms with Gasteiger partial charge in [-0.3, -0.25) is 4.79 Å². The van der Waals surface area contributed by atoms with Gasteiger partial charge in [-0.2, -0.15) is 0 Å². The summed E-state index contributed by atoms with van der Waals surface area (Å²) in [5.74, 6) is -0.200. The molecule has 0 spiro atoms. The van der Waals surface area contributed by atoms with Gasteiger partial charge in [0, 0.05) is 13.1 Å². The van der Waals surface area contributed by atoms with Crippen LogP contribution in [0.3, 0.4) is 0 Å². The standard InChI is InChI=1S/C26H34N2O3S/c1-20(23-15-14-22-11-5-12-24(22)18-23)27-26(29)25-13-6-16-28(19-25)32(30,31)17-7-10-21-8-3-2-4-9-21/h2-4,8-9,14-15,18,20,25H,5-7,10-13,16-17,19H2,1H3,(H,27,29)/t20-,25-/m1/s1. The molecule has 1 heterocycles. The van der Waals surface area contributed by atoms with Gasteiger partial charge in [0.15, 0.2) is 0 Å². The third-order valence-electron chi connectivity index (χ3n) is 6.84. The molecule has 2 atom stereocenters. The second kappa shape index (κ2) is 10.2. The highest BCUT2D eigenvalue weighted by atomic mass is 32.2. The molecule has 2 aromatic rings. The summed E-state index contributed by atoms with van der Waals surface area (Å²) in [5, 5.41) is 3.13. The Morgan fingerprint density at radius 2 is 1.88 bits per heavy atom. The van der Waals surface area contributed by atoms with E-state index in [9.17, 15) is 13.2 Å². The third-order valence-corrected chi connectivity index (χ3v) is 8.76. The van der Waals surface area contributed by atoms with Crippen molar-refractivity contribution in [3.63, 3.8) is 0 Å². The first-order valence-corrected chi connectivity index (χ1v) is 13.5. The number of aryl methyl sites for hydroxylation is 3. The maximum Gasteiger partial charge on any atom is 0.224 e. The van der Waals surface area contributed by atoms with Gasteiger partial charge in [-0.15, -0.1) is 0 Å². The fraction of sp³-hybridized carbons (Fsp3) is 0.500. The zero-order valence-corrected chi connectivity index (χ0v) is 19.7. The van der Waals surface area contributed by atoms with Crippen molar-refractivity contribution in [1.82, 2.24) is 9.62 Å². The predicted octanol–water partition coefficient (Wildman–Crippen LogP) is 4.03. The van der Waals surface area contributed by atoms with E-state index in [0.29, 0.717) is 13.0 Å². The van der Waals surface area contributed by atoms with Crippen LogP contribution in [-0.2, 0) is 34.1 Å². The lowest BCUT2D eigenvalue weighted by molar-refractivity contribution is -0.126. The van der Waals surface area contributed by atoms with Gasteiger partial charge in [0.25, 0.3) is 0 Å². The maximum absolute atomic E-state index is 13.0. The molecule has 1 saturated heterocycles. The normalized spacial score (nSPS) is 20.0. The van der Waals surface area contributed by atoms with Gasteiger partial charge >= 0.3 is 0 Å². The molecule has 1 aliphatic heterocycles. The lowest BCUT2D eigenvalue weighted by Crippen LogP contribution is -2.46. The van der Waals surface area contributed by atoms with Crippen LogP contribution in [0.4, 0.5) is 0 Å². The van der Waals surface area contributed by atoms with Crippen molar-refractivity contribution in [3.8, 4) is 0 Å². The Morgan fingerprint density at radius 3 is 2.69 bits per heavy atom. The van der Waals surface area contributed by atoms with Crippen LogP contribution in [0, 0.1) is 5.92 Å². The lowest BCUT2D eigenvalue weighted by atomic mass is 9.97. The van der Waals surface area contributed by atoms with Crippen molar-refractivity contribution in [2.45, 2.75) is 57.9 Å². The molecule has 0 aromatic heterocycles. The number of nitrogens with zero attached hydrogens (tertiary/aromatic N) is 1. The summed E-state index contributed by atoms with van der Waals surface area (Å²) in [6.07, 6.45) is 6.27. The molecule has 4 rings (SSSR count). The maximum atomic E-state index is 13.0. The average molecular weight is 455 g/mol. The van der Waals surface area contributed by atoms with Crippen LogP contribution in [-0.4, -0.2) is 37.5 Å². The monoisotopic (exact) mass is 454 g/mol. The molecule has 2 aliphatic rings. The molecule has 5 nitrogen and oxygen atoms in total. The van der Waals surface area contributed by atoms with Gasteiger partial charge in [0.1, 0.15) is 0 Å². The van der Waals surface area contributed by atoms with Crippen molar-refractivity contribution in [1.29, 1.82) is 0 Å². The highest BCUT2D eigenvalue weighted by molar-refractivity contribution is 7.89. The van der Waals surface area contributed by atoms with E-state index < -0.39 is 10.0 Å². The number of hydrogen-bond acceptors (Lipinski definition) is 3. The number of piperidine rings is 1. The molecule has 6 heteroatoms. The average Bonchev–Trinajstić information content (AvgIpc) is 3.28. The second-order valence-corrected chi connectivity index (χ2v) is 11.3. The van der Waals surface area contributed by atoms with Crippen LogP contribution >= 0.6 is 0 Å². The first-order chi connectivity index (χ1) is 15.4. The number of rotatable bonds is 8. The first kappa shape index (κ1) is 23.0. The van der Waals surface area contributed by atoms with Crippen molar-refractivity contribution < 1.29 is 13.2 Å². The van der Waals surface area contributed by atoms with E-state index in [2.05, 4.69) is 23.5 Å². The molecular weight excluding hydrogens is 420 g/mol. The summed E-state index contributed by atoms with van der Waals surface area (Å²) < 4.78 is 27.3. The van der Waals surface area contributed by atoms with Gasteiger partial charge in [-0.05, 0) is 74.1 Å². The molecule has 0 bridgehead atoms. The smallest absolute Gasteiger partial charge is 0.224 e. The fourth-order valence-corrected chi connectivity index (χ4v) is 6.50. The number of benzene rings is 2. The van der Waals surface area contributed by atoms with Crippen molar-refractivity contribution in [2.24, 2.45) is 5.92 Å². The Balaban J connectivity index is 1.31. The highest BCUT2D eigenvalue weighted by Gasteiger charge is 2.32. The third kappa shape index (κ3) is 5.59. The summed E-state index contributed by atoms with van der Waals surface area (Å²) in [4.78, 5) is 13.0. The Kier molecular flexibility index (Phi) is 7.31. The Hall–Kier alpha value is -2.18. The van der Waals surface area contributed by atoms with Crippen molar-refractivity contribution >= 4 is 15.9 Å². The topological polar surface area (TPSA) is 66.5 Å². The Morgan fingerprint density at radius 1 is 1.09 bits per heavy atom. The van der Waals surface area contributed by atoms with Gasteiger partial charge in [0.2, 0.25) is 15.9 Å². The molecule has 0 saturated carbocycles. The quantitative estimate of drug-likeness (QED) is 0.655. The molecule has 1 fully saturated rings. The van der Waals surface area contributed by atoms with Gasteiger partial charge < -0.3 is 5.32 Å². The van der Waals surface area contributed by atoms with Gasteiger partial charge in [0.05, 0.1) is 17.7 Å². The zero-order chi connectivity index (χ0) is 22.6. The van der Waals surface area contributed by atoms with Gasteiger partial charge in [-0.25, -0.2) is 12.7 Å². The fourth-order valence-electron chi connectivity index (χ4n) is 4.92. The summed E-state index contributed by atoms with van der Waals surface area (Å²) in [7, 11) is -3.35. The van der Waals surface area contributed by atoms with Crippen LogP contribution in [0.1, 0.15) is 60.9 Å². The number of amides is 1. The first-order valence-electron chi connectivity index (χ1n) is 11.9. The van der Waals surface area contributed by atoms with E-state index in [1.165, 1.54) is 21.9 Å². The van der Waals surface area contributed by atoms with Crippen LogP contribution in [0.25, 0.3) is 0 Å². The Labute approximate surface area is 192 Å². The van der Waals surface area contributed by atoms with E-state index in [0.717, 1.165) is 43.2 Å². The molecule has 32 heavy (non-hydrogen) atoms. The molecule has 172 valence electrons. The van der Waals surface area contributed by atoms with E-state index >= 15 is 0 Å². The lowest BCUT2D eigenvalue weighted by Gasteiger charge is -2.32. The molecular formula is C26H34N2O3S. The largest absolute Gasteiger partial charge is 0.349 e. The molecule has 0 unspecified atom stereocenters. The molecule has 2 aromatic carbocycles. The van der Waals surface area contributed by atoms with E-state index in [4.69, 9.17) is 0 Å². The van der Waals surface area contributed by atoms with Crippen LogP contribution < -0.4 is 5.32 Å². The number of carbonyl (C=O) groups excluding carboxylic acids is 1. The van der Waals surface area contributed by atoms with E-state index in [1.807, 2.05) is 37.3 Å². The zero-order valence-electron chi connectivity index (χ0n) is 18.9. The minimum atomic E-state index is -3.35. The second-order valence-electron chi connectivity index (χ2n) is 9.21. The minimum Gasteiger partial charge on any atom is -0.349 e. The summed E-state index contributed by atoms with van der Waals surface area (Å²) in [6.45, 7) is 2.81. The SMILES string of the molecule is C[C@@H](NC(=O)[C@@H]1CCCN(S(=O)(=O)CCCc2ccccc2)C1)c1ccc2c(c1)CCC2. The number of fused-ring (bicyclic) bond motifs is 1. The number of hydrogen-bond donors (Lipinski definition) is 1. The van der Waals surface area contributed by atoms with E-state index in [-0.39, 0.29) is 30.2 Å². The van der Waals surface area contributed by atoms with Crippen molar-refractivity contribution in [2.75, 3.05) is 18.8 Å². The molecule has 1 amide bonds. The van der Waals surface area contributed by atoms with Gasteiger partial charge in [-0.1, -0.05) is 48.5 Å². The summed E-state index contributed by atoms with van der Waals surface area (Å²) in [5.41, 5.74) is 5.10. The highest BCUT2D eigenvalue weighted by Crippen LogP contribution is 2.26. The van der Waals surface area contributed by atoms with E-state index in [1.54, 1.807) is 0 Å². The summed E-state index contributed by atoms with van der Waals surface area (Å²) in [6, 6.07) is 16.4. The van der Waals surface area contributed by atoms with Crippen LogP contribution in [0.15, 0.2) is 48.5 Å². The van der Waals surface area contributed by atoms with Crippen LogP contribution in [0.5, 0.6) is 0 Å². The Bertz CT molecular complexity index is 1040. The molecule has 1 N–H and O–H groups in total. The number of nitrogens with one attached hydrogen (secondary N) is 1. The van der Waals surface area contributed by atoms with Crippen molar-refractivity contribution in [3.05, 3.63) is 70.8 Å². The molecule has 0 radical (unpaired) electrons. The van der Waals surface area contributed by atoms with Crippen LogP contribution in [0.2, 0.25) is 0 Å². The molecule has 1 aliphatic carbocycles. The minimum absolute atomic E-state index is 0.0396. The number of carbonyl (C=O) groups is 1. The summed E-state index contributed by atoms with van der Waals surface area (Å²) >= 11 is 0.